The number of carbonyl (C=O) groups is 6. The van der Waals surface area contributed by atoms with Crippen molar-refractivity contribution < 1.29 is 46.7 Å². The number of ether oxygens (including phenoxy) is 2. The average molecular weight is 1200 g/mol. The van der Waals surface area contributed by atoms with E-state index in [1.165, 1.54) is 32.3 Å². The molecule has 0 unspecified atom stereocenters. The molecule has 1 heterocycles. The number of alkyl carbamates (subject to hydrolysis) is 1. The molecule has 0 bridgehead atoms. The normalized spacial score (nSPS) is 13.8. The Morgan fingerprint density at radius 3 is 1.49 bits per heavy atom. The van der Waals surface area contributed by atoms with Gasteiger partial charge >= 0.3 is 6.09 Å². The molecule has 6 amide bonds. The summed E-state index contributed by atoms with van der Waals surface area (Å²) in [7, 11) is -2.49. The van der Waals surface area contributed by atoms with Gasteiger partial charge in [-0.1, -0.05) is 169 Å². The van der Waals surface area contributed by atoms with Crippen LogP contribution in [-0.4, -0.2) is 95.1 Å². The maximum absolute atomic E-state index is 15.2. The Kier molecular flexibility index (Phi) is 21.5. The van der Waals surface area contributed by atoms with E-state index in [0.717, 1.165) is 5.56 Å². The van der Waals surface area contributed by atoms with Gasteiger partial charge in [0.15, 0.2) is 0 Å². The highest BCUT2D eigenvalue weighted by Gasteiger charge is 2.42. The van der Waals surface area contributed by atoms with Crippen LogP contribution in [0.5, 0.6) is 0 Å². The van der Waals surface area contributed by atoms with Crippen molar-refractivity contribution in [2.45, 2.75) is 133 Å². The molecule has 0 aliphatic rings. The first-order chi connectivity index (χ1) is 41.1. The van der Waals surface area contributed by atoms with Crippen molar-refractivity contribution in [1.82, 2.24) is 46.2 Å². The molecule has 6 aromatic carbocycles. The lowest BCUT2D eigenvalue weighted by Crippen LogP contribution is -2.63. The maximum Gasteiger partial charge on any atom is 0.408 e. The summed E-state index contributed by atoms with van der Waals surface area (Å²) in [5.41, 5.74) is -0.701. The van der Waals surface area contributed by atoms with Crippen molar-refractivity contribution >= 4 is 45.7 Å². The number of amides is 6. The van der Waals surface area contributed by atoms with Crippen LogP contribution >= 0.6 is 0 Å². The highest BCUT2D eigenvalue weighted by Crippen LogP contribution is 2.37. The molecule has 5 atom stereocenters. The lowest BCUT2D eigenvalue weighted by atomic mass is 9.77. The fraction of sp³-hybridized carbons (Fsp3) is 0.328. The van der Waals surface area contributed by atoms with Crippen LogP contribution in [0.2, 0.25) is 0 Å². The fourth-order valence-corrected chi connectivity index (χ4v) is 10.9. The zero-order chi connectivity index (χ0) is 63.2. The van der Waals surface area contributed by atoms with E-state index in [4.69, 9.17) is 9.47 Å². The van der Waals surface area contributed by atoms with Crippen LogP contribution in [0.3, 0.4) is 0 Å². The van der Waals surface area contributed by atoms with Gasteiger partial charge in [0.05, 0.1) is 47.6 Å². The molecule has 7 N–H and O–H groups in total. The second-order valence-electron chi connectivity index (χ2n) is 23.9. The number of hydrogen-bond acceptors (Lipinski definition) is 11. The van der Waals surface area contributed by atoms with Crippen molar-refractivity contribution in [3.05, 3.63) is 228 Å². The van der Waals surface area contributed by atoms with E-state index in [0.29, 0.717) is 33.5 Å². The fourth-order valence-electron chi connectivity index (χ4n) is 9.67. The summed E-state index contributed by atoms with van der Waals surface area (Å²) in [4.78, 5) is 92.7. The SMILES string of the molecule is Cc1ccc(S(=O)(=O)N[C@@H](c2ccccc2)[C@@H](NC(=O)[C@H](COC(C)(C)C)NC(=O)C(C)(C)NC(=O)[C@H](CC(=O)NC(c2ccccc2)(c2ccccc2)c2ccccc2)NC(=O)[C@H](Cc2cn(C)cn2)NC(=O)OC(C)(C)C)c2ccccc2)cc1. The summed E-state index contributed by atoms with van der Waals surface area (Å²) < 4.78 is 44.7. The molecule has 0 fully saturated rings. The van der Waals surface area contributed by atoms with E-state index >= 15 is 14.4 Å². The van der Waals surface area contributed by atoms with E-state index in [-0.39, 0.29) is 17.9 Å². The molecule has 458 valence electrons. The second-order valence-corrected chi connectivity index (χ2v) is 25.6. The van der Waals surface area contributed by atoms with Crippen LogP contribution in [0.4, 0.5) is 4.79 Å². The van der Waals surface area contributed by atoms with Crippen molar-refractivity contribution in [2.24, 2.45) is 7.05 Å². The van der Waals surface area contributed by atoms with Gasteiger partial charge in [-0.25, -0.2) is 22.9 Å². The molecule has 7 aromatic rings. The second kappa shape index (κ2) is 28.5. The van der Waals surface area contributed by atoms with Crippen LogP contribution in [0.25, 0.3) is 0 Å². The zero-order valence-corrected chi connectivity index (χ0v) is 51.6. The molecule has 0 radical (unpaired) electrons. The first kappa shape index (κ1) is 65.6. The van der Waals surface area contributed by atoms with E-state index in [9.17, 15) is 22.8 Å². The minimum atomic E-state index is -4.23. The van der Waals surface area contributed by atoms with Crippen molar-refractivity contribution in [3.63, 3.8) is 0 Å². The molecule has 0 aliphatic carbocycles. The summed E-state index contributed by atoms with van der Waals surface area (Å²) in [6, 6.07) is 44.9. The van der Waals surface area contributed by atoms with E-state index < -0.39 is 105 Å². The zero-order valence-electron chi connectivity index (χ0n) is 50.8. The number of aromatic nitrogens is 2. The van der Waals surface area contributed by atoms with Crippen molar-refractivity contribution in [3.8, 4) is 0 Å². The van der Waals surface area contributed by atoms with Crippen LogP contribution in [0, 0.1) is 6.92 Å². The first-order valence-corrected chi connectivity index (χ1v) is 30.1. The Labute approximate surface area is 509 Å². The number of carbonyl (C=O) groups excluding carboxylic acids is 6. The molecular weight excluding hydrogens is 1120 g/mol. The lowest BCUT2D eigenvalue weighted by molar-refractivity contribution is -0.139. The van der Waals surface area contributed by atoms with Gasteiger partial charge in [0.2, 0.25) is 39.6 Å². The van der Waals surface area contributed by atoms with Crippen LogP contribution in [0.1, 0.15) is 113 Å². The molecule has 0 saturated carbocycles. The summed E-state index contributed by atoms with van der Waals surface area (Å²) in [6.45, 7) is 14.5. The minimum absolute atomic E-state index is 0.00373. The summed E-state index contributed by atoms with van der Waals surface area (Å²) in [5, 5.41) is 17.1. The van der Waals surface area contributed by atoms with Gasteiger partial charge in [0.25, 0.3) is 0 Å². The molecule has 0 spiro atoms. The monoisotopic (exact) mass is 1200 g/mol. The number of nitrogens with one attached hydrogen (secondary N) is 7. The van der Waals surface area contributed by atoms with Gasteiger partial charge in [-0.3, -0.25) is 24.0 Å². The van der Waals surface area contributed by atoms with Crippen LogP contribution < -0.4 is 36.6 Å². The molecule has 87 heavy (non-hydrogen) atoms. The predicted molar refractivity (Wildman–Crippen MR) is 332 cm³/mol. The molecule has 0 aliphatic heterocycles. The minimum Gasteiger partial charge on any atom is -0.444 e. The molecule has 20 heteroatoms. The number of aryl methyl sites for hydroxylation is 2. The highest BCUT2D eigenvalue weighted by molar-refractivity contribution is 7.89. The van der Waals surface area contributed by atoms with Crippen LogP contribution in [-0.2, 0) is 62.5 Å². The van der Waals surface area contributed by atoms with E-state index in [1.807, 2.05) is 97.9 Å². The first-order valence-electron chi connectivity index (χ1n) is 28.6. The Bertz CT molecular complexity index is 3460. The number of imidazole rings is 1. The third-order valence-corrected chi connectivity index (χ3v) is 15.5. The Hall–Kier alpha value is -8.98. The molecule has 7 rings (SSSR count). The van der Waals surface area contributed by atoms with Crippen LogP contribution in [0.15, 0.2) is 193 Å². The van der Waals surface area contributed by atoms with Crippen molar-refractivity contribution in [1.29, 1.82) is 0 Å². The smallest absolute Gasteiger partial charge is 0.408 e. The Morgan fingerprint density at radius 1 is 0.540 bits per heavy atom. The largest absolute Gasteiger partial charge is 0.444 e. The molecule has 19 nitrogen and oxygen atoms in total. The molecule has 0 saturated heterocycles. The van der Waals surface area contributed by atoms with Gasteiger partial charge in [0, 0.05) is 19.7 Å². The number of nitrogens with zero attached hydrogens (tertiary/aromatic N) is 2. The van der Waals surface area contributed by atoms with Gasteiger partial charge in [-0.2, -0.15) is 0 Å². The summed E-state index contributed by atoms with van der Waals surface area (Å²) in [6.07, 6.45) is 1.39. The van der Waals surface area contributed by atoms with Crippen molar-refractivity contribution in [2.75, 3.05) is 6.61 Å². The topological polar surface area (TPSA) is 257 Å². The number of sulfonamides is 1. The average Bonchev–Trinajstić information content (AvgIpc) is 1.14. The van der Waals surface area contributed by atoms with Gasteiger partial charge in [0.1, 0.15) is 34.8 Å². The Morgan fingerprint density at radius 2 is 1.02 bits per heavy atom. The summed E-state index contributed by atoms with van der Waals surface area (Å²) in [5.74, 6) is -4.22. The standard InChI is InChI=1S/C67H79N9O10S/c1-45-36-38-52(39-37-45)87(83,84)75-58(47-28-18-12-19-29-47)57(46-26-16-11-17-27-46)72-60(79)55(43-85-64(2,3)4)70-62(81)66(8,9)74-61(80)54(69-59(78)53(40-51-42-76(10)44-68-51)71-63(82)86-65(5,6)7)41-56(77)73-67(48-30-20-13-21-31-48,49-32-22-14-23-33-49)50-34-24-15-25-35-50/h11-39,42,44,53-55,57-58,75H,40-41,43H2,1-10H3,(H,69,78)(H,70,81)(H,71,82)(H,72,79)(H,73,77)(H,74,80)/t53-,54-,55-,57-,58-/m0/s1. The van der Waals surface area contributed by atoms with E-state index in [2.05, 4.69) is 41.6 Å². The third-order valence-electron chi connectivity index (χ3n) is 14.0. The highest BCUT2D eigenvalue weighted by atomic mass is 32.2. The van der Waals surface area contributed by atoms with Gasteiger partial charge in [-0.15, -0.1) is 0 Å². The van der Waals surface area contributed by atoms with E-state index in [1.54, 1.807) is 132 Å². The van der Waals surface area contributed by atoms with Gasteiger partial charge < -0.3 is 45.9 Å². The lowest BCUT2D eigenvalue weighted by Gasteiger charge is -2.37. The number of hydrogen-bond donors (Lipinski definition) is 7. The maximum atomic E-state index is 15.2. The number of benzene rings is 6. The quantitative estimate of drug-likeness (QED) is 0.0271. The predicted octanol–water partition coefficient (Wildman–Crippen LogP) is 7.92. The molecular formula is C67H79N9O10S. The van der Waals surface area contributed by atoms with Gasteiger partial charge in [-0.05, 0) is 102 Å². The summed E-state index contributed by atoms with van der Waals surface area (Å²) >= 11 is 0. The third kappa shape index (κ3) is 18.3. The molecule has 1 aromatic heterocycles. The number of rotatable bonds is 25. The Balaban J connectivity index is 1.23.